The quantitative estimate of drug-likeness (QED) is 0.746. The highest BCUT2D eigenvalue weighted by molar-refractivity contribution is 5.40. The largest absolute Gasteiger partial charge is 0.497 e. The topological polar surface area (TPSA) is 9.23 Å². The molecule has 88 valence electrons. The van der Waals surface area contributed by atoms with Gasteiger partial charge in [-0.3, -0.25) is 0 Å². The second-order valence-electron chi connectivity index (χ2n) is 4.08. The van der Waals surface area contributed by atoms with Crippen LogP contribution in [0.25, 0.3) is 0 Å². The van der Waals surface area contributed by atoms with Crippen molar-refractivity contribution < 1.29 is 17.9 Å². The number of alkyl halides is 3. The maximum atomic E-state index is 12.8. The van der Waals surface area contributed by atoms with Gasteiger partial charge in [0.25, 0.3) is 0 Å². The first kappa shape index (κ1) is 11.3. The van der Waals surface area contributed by atoms with Crippen LogP contribution < -0.4 is 4.74 Å². The number of methoxy groups -OCH3 is 1. The van der Waals surface area contributed by atoms with Gasteiger partial charge in [-0.25, -0.2) is 0 Å². The Balaban J connectivity index is 2.42. The minimum absolute atomic E-state index is 0.0718. The molecule has 0 aliphatic heterocycles. The Kier molecular flexibility index (Phi) is 2.82. The van der Waals surface area contributed by atoms with E-state index in [9.17, 15) is 13.2 Å². The molecule has 1 aromatic carbocycles. The number of hydrogen-bond donors (Lipinski definition) is 0. The van der Waals surface area contributed by atoms with Gasteiger partial charge >= 0.3 is 6.18 Å². The second kappa shape index (κ2) is 4.00. The summed E-state index contributed by atoms with van der Waals surface area (Å²) >= 11 is 0. The molecule has 4 heteroatoms. The highest BCUT2D eigenvalue weighted by Gasteiger charge is 2.36. The lowest BCUT2D eigenvalue weighted by Gasteiger charge is -2.28. The molecule has 0 saturated heterocycles. The van der Waals surface area contributed by atoms with E-state index in [0.29, 0.717) is 5.56 Å². The number of hydrogen-bond acceptors (Lipinski definition) is 1. The van der Waals surface area contributed by atoms with E-state index in [2.05, 4.69) is 0 Å². The summed E-state index contributed by atoms with van der Waals surface area (Å²) in [6, 6.07) is 4.24. The van der Waals surface area contributed by atoms with E-state index in [1.807, 2.05) is 0 Å². The fourth-order valence-electron chi connectivity index (χ4n) is 1.98. The van der Waals surface area contributed by atoms with Crippen LogP contribution in [-0.4, -0.2) is 7.11 Å². The Morgan fingerprint density at radius 1 is 1.25 bits per heavy atom. The molecule has 0 radical (unpaired) electrons. The van der Waals surface area contributed by atoms with Gasteiger partial charge in [-0.05, 0) is 36.5 Å². The molecular formula is C12H13F3O. The van der Waals surface area contributed by atoms with Gasteiger partial charge in [0.15, 0.2) is 0 Å². The Hall–Kier alpha value is -1.19. The van der Waals surface area contributed by atoms with Crippen LogP contribution >= 0.6 is 0 Å². The molecule has 0 aromatic heterocycles. The van der Waals surface area contributed by atoms with Crippen molar-refractivity contribution >= 4 is 0 Å². The lowest BCUT2D eigenvalue weighted by Crippen LogP contribution is -2.16. The molecule has 1 aliphatic rings. The van der Waals surface area contributed by atoms with Gasteiger partial charge in [0, 0.05) is 0 Å². The molecule has 0 N–H and O–H groups in total. The third kappa shape index (κ3) is 2.01. The van der Waals surface area contributed by atoms with E-state index in [0.717, 1.165) is 25.3 Å². The zero-order valence-electron chi connectivity index (χ0n) is 8.97. The average Bonchev–Trinajstić information content (AvgIpc) is 2.14. The third-order valence-corrected chi connectivity index (χ3v) is 3.11. The molecule has 0 unspecified atom stereocenters. The summed E-state index contributed by atoms with van der Waals surface area (Å²) in [4.78, 5) is 0. The maximum Gasteiger partial charge on any atom is 0.416 e. The number of halogens is 3. The van der Waals surface area contributed by atoms with Crippen molar-refractivity contribution in [3.05, 3.63) is 29.3 Å². The molecule has 1 fully saturated rings. The van der Waals surface area contributed by atoms with Gasteiger partial charge in [0.1, 0.15) is 5.75 Å². The van der Waals surface area contributed by atoms with Crippen LogP contribution in [0.15, 0.2) is 18.2 Å². The zero-order chi connectivity index (χ0) is 11.8. The summed E-state index contributed by atoms with van der Waals surface area (Å²) in [6.45, 7) is 0. The fourth-order valence-corrected chi connectivity index (χ4v) is 1.98. The summed E-state index contributed by atoms with van der Waals surface area (Å²) in [5, 5.41) is 0. The van der Waals surface area contributed by atoms with Crippen LogP contribution in [0.5, 0.6) is 5.75 Å². The molecular weight excluding hydrogens is 217 g/mol. The molecule has 1 nitrogen and oxygen atoms in total. The SMILES string of the molecule is COc1ccc(C2CCC2)c(C(F)(F)F)c1. The molecule has 2 rings (SSSR count). The summed E-state index contributed by atoms with van der Waals surface area (Å²) in [6.07, 6.45) is -1.56. The predicted molar refractivity (Wildman–Crippen MR) is 54.6 cm³/mol. The van der Waals surface area contributed by atoms with Crippen molar-refractivity contribution in [2.75, 3.05) is 7.11 Å². The second-order valence-corrected chi connectivity index (χ2v) is 4.08. The van der Waals surface area contributed by atoms with E-state index < -0.39 is 11.7 Å². The van der Waals surface area contributed by atoms with Crippen molar-refractivity contribution in [2.24, 2.45) is 0 Å². The summed E-state index contributed by atoms with van der Waals surface area (Å²) in [7, 11) is 1.37. The number of rotatable bonds is 2. The third-order valence-electron chi connectivity index (χ3n) is 3.11. The van der Waals surface area contributed by atoms with Crippen molar-refractivity contribution in [1.29, 1.82) is 0 Å². The number of ether oxygens (including phenoxy) is 1. The van der Waals surface area contributed by atoms with Gasteiger partial charge < -0.3 is 4.74 Å². The van der Waals surface area contributed by atoms with Crippen LogP contribution in [0.3, 0.4) is 0 Å². The Bertz CT molecular complexity index is 380. The van der Waals surface area contributed by atoms with Crippen LogP contribution in [0.2, 0.25) is 0 Å². The molecule has 16 heavy (non-hydrogen) atoms. The first-order valence-electron chi connectivity index (χ1n) is 5.27. The molecule has 0 heterocycles. The van der Waals surface area contributed by atoms with Gasteiger partial charge in [-0.1, -0.05) is 12.5 Å². The molecule has 1 aromatic rings. The monoisotopic (exact) mass is 230 g/mol. The summed E-state index contributed by atoms with van der Waals surface area (Å²) in [5.74, 6) is 0.331. The molecule has 0 amide bonds. The zero-order valence-corrected chi connectivity index (χ0v) is 8.97. The van der Waals surface area contributed by atoms with E-state index in [4.69, 9.17) is 4.74 Å². The highest BCUT2D eigenvalue weighted by atomic mass is 19.4. The van der Waals surface area contributed by atoms with E-state index in [-0.39, 0.29) is 11.7 Å². The first-order chi connectivity index (χ1) is 7.52. The van der Waals surface area contributed by atoms with Crippen LogP contribution in [-0.2, 0) is 6.18 Å². The Morgan fingerprint density at radius 2 is 1.94 bits per heavy atom. The molecule has 1 saturated carbocycles. The highest BCUT2D eigenvalue weighted by Crippen LogP contribution is 2.44. The van der Waals surface area contributed by atoms with Gasteiger partial charge in [0.2, 0.25) is 0 Å². The minimum atomic E-state index is -4.29. The van der Waals surface area contributed by atoms with Crippen LogP contribution in [0.1, 0.15) is 36.3 Å². The predicted octanol–water partition coefficient (Wildman–Crippen LogP) is 3.98. The van der Waals surface area contributed by atoms with Gasteiger partial charge in [-0.2, -0.15) is 13.2 Å². The Morgan fingerprint density at radius 3 is 2.38 bits per heavy atom. The van der Waals surface area contributed by atoms with Gasteiger partial charge in [-0.15, -0.1) is 0 Å². The Labute approximate surface area is 92.2 Å². The fraction of sp³-hybridized carbons (Fsp3) is 0.500. The molecule has 1 aliphatic carbocycles. The molecule has 0 atom stereocenters. The van der Waals surface area contributed by atoms with Crippen LogP contribution in [0, 0.1) is 0 Å². The summed E-state index contributed by atoms with van der Waals surface area (Å²) in [5.41, 5.74) is -0.129. The van der Waals surface area contributed by atoms with E-state index in [1.54, 1.807) is 12.1 Å². The van der Waals surface area contributed by atoms with Crippen LogP contribution in [0.4, 0.5) is 13.2 Å². The van der Waals surface area contributed by atoms with Gasteiger partial charge in [0.05, 0.1) is 12.7 Å². The maximum absolute atomic E-state index is 12.8. The molecule has 0 spiro atoms. The lowest BCUT2D eigenvalue weighted by atomic mass is 9.78. The van der Waals surface area contributed by atoms with Crippen molar-refractivity contribution in [1.82, 2.24) is 0 Å². The smallest absolute Gasteiger partial charge is 0.416 e. The number of benzene rings is 1. The van der Waals surface area contributed by atoms with Crippen molar-refractivity contribution in [3.8, 4) is 5.75 Å². The summed E-state index contributed by atoms with van der Waals surface area (Å²) < 4.78 is 43.3. The molecule has 0 bridgehead atoms. The van der Waals surface area contributed by atoms with Crippen molar-refractivity contribution in [3.63, 3.8) is 0 Å². The minimum Gasteiger partial charge on any atom is -0.497 e. The average molecular weight is 230 g/mol. The lowest BCUT2D eigenvalue weighted by molar-refractivity contribution is -0.138. The first-order valence-corrected chi connectivity index (χ1v) is 5.27. The van der Waals surface area contributed by atoms with Crippen molar-refractivity contribution in [2.45, 2.75) is 31.4 Å². The standard InChI is InChI=1S/C12H13F3O/c1-16-9-5-6-10(8-3-2-4-8)11(7-9)12(13,14)15/h5-8H,2-4H2,1H3. The normalized spacial score (nSPS) is 17.0. The van der Waals surface area contributed by atoms with E-state index in [1.165, 1.54) is 7.11 Å². The van der Waals surface area contributed by atoms with E-state index >= 15 is 0 Å².